The molecule has 0 unspecified atom stereocenters. The molecule has 0 bridgehead atoms. The monoisotopic (exact) mass is 257 g/mol. The second kappa shape index (κ2) is 6.98. The number of amides is 1. The van der Waals surface area contributed by atoms with Crippen molar-refractivity contribution < 1.29 is 14.6 Å². The maximum atomic E-state index is 11.7. The fourth-order valence-corrected chi connectivity index (χ4v) is 2.51. The number of hydrogen-bond acceptors (Lipinski definition) is 3. The number of aliphatic hydroxyl groups excluding tert-OH is 1. The number of carbonyl (C=O) groups excluding carboxylic acids is 1. The Balaban J connectivity index is 2.36. The Bertz CT molecular complexity index is 258. The Morgan fingerprint density at radius 1 is 1.33 bits per heavy atom. The number of nitrogens with one attached hydrogen (secondary N) is 1. The van der Waals surface area contributed by atoms with E-state index < -0.39 is 0 Å². The van der Waals surface area contributed by atoms with Gasteiger partial charge in [0.05, 0.1) is 12.7 Å². The van der Waals surface area contributed by atoms with Gasteiger partial charge >= 0.3 is 6.09 Å². The molecule has 1 aliphatic carbocycles. The van der Waals surface area contributed by atoms with Gasteiger partial charge in [0.15, 0.2) is 0 Å². The second-order valence-electron chi connectivity index (χ2n) is 5.84. The molecule has 2 N–H and O–H groups in total. The van der Waals surface area contributed by atoms with E-state index in [9.17, 15) is 9.90 Å². The summed E-state index contributed by atoms with van der Waals surface area (Å²) in [4.78, 5) is 11.7. The van der Waals surface area contributed by atoms with E-state index >= 15 is 0 Å². The van der Waals surface area contributed by atoms with E-state index in [0.717, 1.165) is 38.5 Å². The lowest BCUT2D eigenvalue weighted by Crippen LogP contribution is -2.50. The molecule has 1 rings (SSSR count). The summed E-state index contributed by atoms with van der Waals surface area (Å²) < 4.78 is 5.13. The third kappa shape index (κ3) is 4.84. The minimum atomic E-state index is -0.320. The Morgan fingerprint density at radius 2 is 1.94 bits per heavy atom. The van der Waals surface area contributed by atoms with Gasteiger partial charge in [0, 0.05) is 5.54 Å². The van der Waals surface area contributed by atoms with E-state index in [1.165, 1.54) is 0 Å². The van der Waals surface area contributed by atoms with Crippen molar-refractivity contribution >= 4 is 6.09 Å². The summed E-state index contributed by atoms with van der Waals surface area (Å²) in [5.74, 6) is 0.416. The van der Waals surface area contributed by atoms with Crippen LogP contribution in [0.15, 0.2) is 0 Å². The molecular weight excluding hydrogens is 230 g/mol. The fraction of sp³-hybridized carbons (Fsp3) is 0.929. The summed E-state index contributed by atoms with van der Waals surface area (Å²) in [5.41, 5.74) is -0.260. The number of unbranched alkanes of at least 4 members (excludes halogenated alkanes) is 1. The van der Waals surface area contributed by atoms with Gasteiger partial charge in [-0.1, -0.05) is 13.3 Å². The van der Waals surface area contributed by atoms with Crippen molar-refractivity contribution in [1.82, 2.24) is 5.32 Å². The first kappa shape index (κ1) is 15.3. The molecule has 1 amide bonds. The van der Waals surface area contributed by atoms with Crippen molar-refractivity contribution in [2.45, 2.75) is 70.9 Å². The van der Waals surface area contributed by atoms with Gasteiger partial charge < -0.3 is 15.2 Å². The fourth-order valence-electron chi connectivity index (χ4n) is 2.51. The van der Waals surface area contributed by atoms with Gasteiger partial charge in [-0.25, -0.2) is 4.79 Å². The molecule has 1 fully saturated rings. The molecular formula is C14H27NO3. The maximum absolute atomic E-state index is 11.7. The van der Waals surface area contributed by atoms with Gasteiger partial charge in [0.1, 0.15) is 0 Å². The van der Waals surface area contributed by atoms with Gasteiger partial charge in [0.2, 0.25) is 0 Å². The lowest BCUT2D eigenvalue weighted by molar-refractivity contribution is 0.0746. The van der Waals surface area contributed by atoms with Crippen molar-refractivity contribution in [3.8, 4) is 0 Å². The summed E-state index contributed by atoms with van der Waals surface area (Å²) in [7, 11) is 0. The molecule has 18 heavy (non-hydrogen) atoms. The SMILES string of the molecule is CCCCOC(=O)NC(C)(C)C1CCC(O)CC1. The predicted octanol–water partition coefficient (Wildman–Crippen LogP) is 2.84. The average Bonchev–Trinajstić information content (AvgIpc) is 2.29. The van der Waals surface area contributed by atoms with Gasteiger partial charge in [0.25, 0.3) is 0 Å². The molecule has 1 aliphatic rings. The van der Waals surface area contributed by atoms with E-state index in [2.05, 4.69) is 12.2 Å². The average molecular weight is 257 g/mol. The van der Waals surface area contributed by atoms with E-state index in [0.29, 0.717) is 12.5 Å². The van der Waals surface area contributed by atoms with Crippen molar-refractivity contribution in [2.75, 3.05) is 6.61 Å². The Kier molecular flexibility index (Phi) is 5.93. The summed E-state index contributed by atoms with van der Waals surface area (Å²) in [6.45, 7) is 6.63. The minimum absolute atomic E-state index is 0.159. The highest BCUT2D eigenvalue weighted by molar-refractivity contribution is 5.68. The number of hydrogen-bond donors (Lipinski definition) is 2. The van der Waals surface area contributed by atoms with Crippen LogP contribution in [0.5, 0.6) is 0 Å². The highest BCUT2D eigenvalue weighted by Crippen LogP contribution is 2.32. The third-order valence-electron chi connectivity index (χ3n) is 3.87. The molecule has 0 radical (unpaired) electrons. The summed E-state index contributed by atoms with van der Waals surface area (Å²) in [5, 5.41) is 12.5. The van der Waals surface area contributed by atoms with Gasteiger partial charge in [-0.05, 0) is 51.9 Å². The van der Waals surface area contributed by atoms with Gasteiger partial charge in [-0.15, -0.1) is 0 Å². The summed E-state index contributed by atoms with van der Waals surface area (Å²) in [6, 6.07) is 0. The zero-order valence-electron chi connectivity index (χ0n) is 11.9. The molecule has 0 aliphatic heterocycles. The first-order valence-electron chi connectivity index (χ1n) is 7.08. The highest BCUT2D eigenvalue weighted by atomic mass is 16.5. The van der Waals surface area contributed by atoms with E-state index in [1.807, 2.05) is 13.8 Å². The summed E-state index contributed by atoms with van der Waals surface area (Å²) >= 11 is 0. The molecule has 4 heteroatoms. The van der Waals surface area contributed by atoms with E-state index in [-0.39, 0.29) is 17.7 Å². The van der Waals surface area contributed by atoms with Crippen LogP contribution in [0.4, 0.5) is 4.79 Å². The van der Waals surface area contributed by atoms with Crippen molar-refractivity contribution in [2.24, 2.45) is 5.92 Å². The first-order valence-corrected chi connectivity index (χ1v) is 7.08. The third-order valence-corrected chi connectivity index (χ3v) is 3.87. The molecule has 0 saturated heterocycles. The Labute approximate surface area is 110 Å². The molecule has 0 atom stereocenters. The first-order chi connectivity index (χ1) is 8.45. The molecule has 0 spiro atoms. The van der Waals surface area contributed by atoms with Crippen LogP contribution in [0.1, 0.15) is 59.3 Å². The molecule has 0 aromatic heterocycles. The van der Waals surface area contributed by atoms with Crippen LogP contribution in [-0.4, -0.2) is 29.4 Å². The number of carbonyl (C=O) groups is 1. The van der Waals surface area contributed by atoms with Crippen LogP contribution in [0.25, 0.3) is 0 Å². The summed E-state index contributed by atoms with van der Waals surface area (Å²) in [6.07, 6.45) is 5.04. The van der Waals surface area contributed by atoms with Gasteiger partial charge in [-0.3, -0.25) is 0 Å². The zero-order chi connectivity index (χ0) is 13.6. The number of alkyl carbamates (subject to hydrolysis) is 1. The lowest BCUT2D eigenvalue weighted by Gasteiger charge is -2.38. The molecule has 0 aromatic rings. The topological polar surface area (TPSA) is 58.6 Å². The molecule has 1 saturated carbocycles. The number of rotatable bonds is 5. The van der Waals surface area contributed by atoms with E-state index in [1.54, 1.807) is 0 Å². The van der Waals surface area contributed by atoms with E-state index in [4.69, 9.17) is 4.74 Å². The van der Waals surface area contributed by atoms with Crippen molar-refractivity contribution in [1.29, 1.82) is 0 Å². The predicted molar refractivity (Wildman–Crippen MR) is 71.4 cm³/mol. The molecule has 0 aromatic carbocycles. The van der Waals surface area contributed by atoms with Crippen molar-refractivity contribution in [3.05, 3.63) is 0 Å². The van der Waals surface area contributed by atoms with Crippen molar-refractivity contribution in [3.63, 3.8) is 0 Å². The smallest absolute Gasteiger partial charge is 0.407 e. The van der Waals surface area contributed by atoms with Crippen LogP contribution >= 0.6 is 0 Å². The lowest BCUT2D eigenvalue weighted by atomic mass is 9.76. The molecule has 4 nitrogen and oxygen atoms in total. The van der Waals surface area contributed by atoms with Crippen LogP contribution in [0.3, 0.4) is 0 Å². The molecule has 0 heterocycles. The zero-order valence-corrected chi connectivity index (χ0v) is 11.9. The quantitative estimate of drug-likeness (QED) is 0.745. The Morgan fingerprint density at radius 3 is 2.50 bits per heavy atom. The highest BCUT2D eigenvalue weighted by Gasteiger charge is 2.34. The van der Waals surface area contributed by atoms with Crippen LogP contribution in [-0.2, 0) is 4.74 Å². The van der Waals surface area contributed by atoms with Crippen LogP contribution in [0, 0.1) is 5.92 Å². The largest absolute Gasteiger partial charge is 0.450 e. The Hall–Kier alpha value is -0.770. The number of aliphatic hydroxyl groups is 1. The van der Waals surface area contributed by atoms with Crippen LogP contribution in [0.2, 0.25) is 0 Å². The minimum Gasteiger partial charge on any atom is -0.450 e. The number of ether oxygens (including phenoxy) is 1. The standard InChI is InChI=1S/C14H27NO3/c1-4-5-10-18-13(17)15-14(2,3)11-6-8-12(16)9-7-11/h11-12,16H,4-10H2,1-3H3,(H,15,17). The molecule has 106 valence electrons. The maximum Gasteiger partial charge on any atom is 0.407 e. The normalized spacial score (nSPS) is 24.7. The van der Waals surface area contributed by atoms with Crippen LogP contribution < -0.4 is 5.32 Å². The van der Waals surface area contributed by atoms with Gasteiger partial charge in [-0.2, -0.15) is 0 Å². The second-order valence-corrected chi connectivity index (χ2v) is 5.84.